The first-order chi connectivity index (χ1) is 11.6. The first-order valence-corrected chi connectivity index (χ1v) is 8.99. The highest BCUT2D eigenvalue weighted by Crippen LogP contribution is 2.55. The van der Waals surface area contributed by atoms with E-state index in [1.807, 2.05) is 6.07 Å². The van der Waals surface area contributed by atoms with Gasteiger partial charge < -0.3 is 15.8 Å². The maximum atomic E-state index is 12.2. The van der Waals surface area contributed by atoms with Gasteiger partial charge in [-0.15, -0.1) is 0 Å². The van der Waals surface area contributed by atoms with E-state index in [4.69, 9.17) is 5.73 Å². The highest BCUT2D eigenvalue weighted by atomic mass is 16.5. The standard InChI is InChI=1S/C18H23N5O/c1-22-7-6-18-5-3-2-4-12(18)15(22)8-11-9-16-14(10-13(11)18)20-17(19)21-23(16)24/h9-10,12,15H,2-8H2,1H3,(H2,19,20,21)/t12-,15+,18+/m0/s1. The van der Waals surface area contributed by atoms with Crippen LogP contribution in [0, 0.1) is 11.1 Å². The number of likely N-dealkylation sites (N-methyl/N-ethyl adjacent to an activating group) is 1. The minimum absolute atomic E-state index is 0.0483. The molecule has 6 nitrogen and oxygen atoms in total. The number of nitrogens with two attached hydrogens (primary N) is 1. The van der Waals surface area contributed by atoms with Crippen molar-refractivity contribution in [3.8, 4) is 0 Å². The van der Waals surface area contributed by atoms with Crippen molar-refractivity contribution >= 4 is 17.0 Å². The average molecular weight is 325 g/mol. The van der Waals surface area contributed by atoms with E-state index in [2.05, 4.69) is 28.1 Å². The molecule has 24 heavy (non-hydrogen) atoms. The number of rotatable bonds is 0. The third-order valence-electron chi connectivity index (χ3n) is 6.84. The van der Waals surface area contributed by atoms with Crippen LogP contribution in [0.4, 0.5) is 5.95 Å². The molecule has 2 fully saturated rings. The number of nitrogens with zero attached hydrogens (tertiary/aromatic N) is 4. The first-order valence-electron chi connectivity index (χ1n) is 8.99. The van der Waals surface area contributed by atoms with Crippen LogP contribution in [0.15, 0.2) is 12.1 Å². The van der Waals surface area contributed by atoms with Gasteiger partial charge >= 0.3 is 0 Å². The number of hydrogen-bond donors (Lipinski definition) is 1. The number of aromatic nitrogens is 3. The van der Waals surface area contributed by atoms with E-state index in [1.165, 1.54) is 43.2 Å². The van der Waals surface area contributed by atoms with Crippen LogP contribution in [-0.2, 0) is 11.8 Å². The van der Waals surface area contributed by atoms with Crippen LogP contribution in [-0.4, -0.2) is 34.6 Å². The third kappa shape index (κ3) is 1.77. The van der Waals surface area contributed by atoms with E-state index in [-0.39, 0.29) is 11.4 Å². The number of fused-ring (bicyclic) bond motifs is 2. The van der Waals surface area contributed by atoms with Gasteiger partial charge in [0.1, 0.15) is 5.52 Å². The van der Waals surface area contributed by atoms with Crippen molar-refractivity contribution in [3.05, 3.63) is 28.5 Å². The van der Waals surface area contributed by atoms with Gasteiger partial charge in [0.2, 0.25) is 0 Å². The Kier molecular flexibility index (Phi) is 2.87. The molecule has 1 saturated heterocycles. The van der Waals surface area contributed by atoms with Gasteiger partial charge in [0.05, 0.1) is 5.10 Å². The summed E-state index contributed by atoms with van der Waals surface area (Å²) in [6.45, 7) is 1.16. The summed E-state index contributed by atoms with van der Waals surface area (Å²) in [5.41, 5.74) is 9.94. The Labute approximate surface area is 141 Å². The molecule has 2 bridgehead atoms. The Bertz CT molecular complexity index is 838. The Morgan fingerprint density at radius 2 is 2.21 bits per heavy atom. The fourth-order valence-electron chi connectivity index (χ4n) is 5.77. The molecule has 126 valence electrons. The van der Waals surface area contributed by atoms with Gasteiger partial charge in [-0.25, -0.2) is 4.98 Å². The molecule has 2 N–H and O–H groups in total. The van der Waals surface area contributed by atoms with Crippen LogP contribution >= 0.6 is 0 Å². The largest absolute Gasteiger partial charge is 0.594 e. The zero-order chi connectivity index (χ0) is 16.5. The fourth-order valence-corrected chi connectivity index (χ4v) is 5.77. The number of piperidine rings is 1. The number of hydrogen-bond acceptors (Lipinski definition) is 5. The van der Waals surface area contributed by atoms with E-state index in [1.54, 1.807) is 0 Å². The molecule has 0 spiro atoms. The molecule has 3 atom stereocenters. The van der Waals surface area contributed by atoms with Crippen LogP contribution in [0.5, 0.6) is 0 Å². The summed E-state index contributed by atoms with van der Waals surface area (Å²) < 4.78 is 0. The van der Waals surface area contributed by atoms with Gasteiger partial charge in [-0.05, 0) is 67.2 Å². The summed E-state index contributed by atoms with van der Waals surface area (Å²) in [5.74, 6) is 0.778. The summed E-state index contributed by atoms with van der Waals surface area (Å²) in [5, 5.41) is 15.9. The molecule has 1 aliphatic heterocycles. The molecule has 1 aromatic heterocycles. The Hall–Kier alpha value is -1.95. The van der Waals surface area contributed by atoms with Gasteiger partial charge in [-0.3, -0.25) is 0 Å². The van der Waals surface area contributed by atoms with Crippen molar-refractivity contribution in [1.82, 2.24) is 15.0 Å². The van der Waals surface area contributed by atoms with Crippen molar-refractivity contribution in [2.24, 2.45) is 5.92 Å². The van der Waals surface area contributed by atoms with Gasteiger partial charge in [-0.2, -0.15) is 0 Å². The molecule has 5 rings (SSSR count). The van der Waals surface area contributed by atoms with Crippen molar-refractivity contribution < 1.29 is 4.85 Å². The summed E-state index contributed by atoms with van der Waals surface area (Å²) >= 11 is 0. The van der Waals surface area contributed by atoms with Crippen LogP contribution in [0.3, 0.4) is 0 Å². The third-order valence-corrected chi connectivity index (χ3v) is 6.84. The molecular formula is C18H23N5O. The minimum Gasteiger partial charge on any atom is -0.594 e. The highest BCUT2D eigenvalue weighted by molar-refractivity contribution is 5.75. The topological polar surface area (TPSA) is 82.0 Å². The summed E-state index contributed by atoms with van der Waals surface area (Å²) in [6.07, 6.45) is 7.46. The Morgan fingerprint density at radius 3 is 3.08 bits per heavy atom. The van der Waals surface area contributed by atoms with Gasteiger partial charge in [0.15, 0.2) is 0 Å². The number of likely N-dealkylation sites (tertiary alicyclic amines) is 1. The van der Waals surface area contributed by atoms with E-state index >= 15 is 0 Å². The number of anilines is 1. The predicted octanol–water partition coefficient (Wildman–Crippen LogP) is 1.53. The Morgan fingerprint density at radius 1 is 1.33 bits per heavy atom. The number of nitrogen functional groups attached to an aromatic ring is 1. The second-order valence-corrected chi connectivity index (χ2v) is 7.85. The quantitative estimate of drug-likeness (QED) is 0.587. The molecule has 1 aromatic carbocycles. The molecule has 6 heteroatoms. The smallest absolute Gasteiger partial charge is 0.288 e. The molecule has 3 aliphatic rings. The monoisotopic (exact) mass is 325 g/mol. The van der Waals surface area contributed by atoms with E-state index < -0.39 is 0 Å². The lowest BCUT2D eigenvalue weighted by Crippen LogP contribution is -2.59. The summed E-state index contributed by atoms with van der Waals surface area (Å²) in [6, 6.07) is 4.77. The zero-order valence-electron chi connectivity index (χ0n) is 14.0. The first kappa shape index (κ1) is 14.4. The maximum absolute atomic E-state index is 12.2. The summed E-state index contributed by atoms with van der Waals surface area (Å²) in [4.78, 5) is 7.50. The SMILES string of the molecule is CN1CC[C@]23CCCC[C@H]2[C@H]1Cc1cc2c(cc13)nc(N)n[n+]2[O-]. The van der Waals surface area contributed by atoms with Crippen LogP contribution in [0.1, 0.15) is 43.2 Å². The van der Waals surface area contributed by atoms with E-state index in [0.29, 0.717) is 21.9 Å². The molecule has 0 radical (unpaired) electrons. The Balaban J connectivity index is 1.78. The minimum atomic E-state index is 0.0483. The molecular weight excluding hydrogens is 302 g/mol. The van der Waals surface area contributed by atoms with Gasteiger partial charge in [0.25, 0.3) is 11.5 Å². The normalized spacial score (nSPS) is 32.4. The zero-order valence-corrected chi connectivity index (χ0v) is 14.0. The van der Waals surface area contributed by atoms with Crippen molar-refractivity contribution in [2.75, 3.05) is 19.3 Å². The van der Waals surface area contributed by atoms with Gasteiger partial charge in [0, 0.05) is 17.5 Å². The predicted molar refractivity (Wildman–Crippen MR) is 91.3 cm³/mol. The lowest BCUT2D eigenvalue weighted by molar-refractivity contribution is -0.641. The number of benzene rings is 1. The van der Waals surface area contributed by atoms with Crippen LogP contribution in [0.2, 0.25) is 0 Å². The van der Waals surface area contributed by atoms with E-state index in [0.717, 1.165) is 18.9 Å². The average Bonchev–Trinajstić information content (AvgIpc) is 2.57. The lowest BCUT2D eigenvalue weighted by Gasteiger charge is -2.58. The van der Waals surface area contributed by atoms with Crippen molar-refractivity contribution in [3.63, 3.8) is 0 Å². The van der Waals surface area contributed by atoms with E-state index in [9.17, 15) is 5.21 Å². The molecule has 2 aliphatic carbocycles. The maximum Gasteiger partial charge on any atom is 0.288 e. The molecule has 2 heterocycles. The molecule has 1 saturated carbocycles. The van der Waals surface area contributed by atoms with Crippen molar-refractivity contribution in [1.29, 1.82) is 0 Å². The molecule has 2 aromatic rings. The highest BCUT2D eigenvalue weighted by Gasteiger charge is 2.53. The van der Waals surface area contributed by atoms with Gasteiger partial charge in [-0.1, -0.05) is 12.8 Å². The van der Waals surface area contributed by atoms with Crippen LogP contribution < -0.4 is 10.6 Å². The summed E-state index contributed by atoms with van der Waals surface area (Å²) in [7, 11) is 2.26. The van der Waals surface area contributed by atoms with Crippen molar-refractivity contribution in [2.45, 2.75) is 50.0 Å². The fraction of sp³-hybridized carbons (Fsp3) is 0.611. The molecule has 0 amide bonds. The lowest BCUT2D eigenvalue weighted by atomic mass is 9.52. The second-order valence-electron chi connectivity index (χ2n) is 7.85. The van der Waals surface area contributed by atoms with Crippen LogP contribution in [0.25, 0.3) is 11.0 Å². The second kappa shape index (κ2) is 4.79. The molecule has 0 unspecified atom stereocenters.